The summed E-state index contributed by atoms with van der Waals surface area (Å²) in [5.41, 5.74) is 0. The van der Waals surface area contributed by atoms with E-state index in [-0.39, 0.29) is 11.9 Å². The van der Waals surface area contributed by atoms with E-state index in [9.17, 15) is 9.59 Å². The Bertz CT molecular complexity index is 434. The molecular formula is C24H43NO3. The molecule has 4 heteroatoms. The van der Waals surface area contributed by atoms with Gasteiger partial charge in [0.15, 0.2) is 0 Å². The van der Waals surface area contributed by atoms with Crippen molar-refractivity contribution in [2.24, 2.45) is 0 Å². The van der Waals surface area contributed by atoms with Crippen molar-refractivity contribution in [3.05, 3.63) is 12.2 Å². The molecule has 1 atom stereocenters. The molecule has 0 aliphatic carbocycles. The van der Waals surface area contributed by atoms with Gasteiger partial charge >= 0.3 is 5.97 Å². The van der Waals surface area contributed by atoms with E-state index in [1.807, 2.05) is 0 Å². The van der Waals surface area contributed by atoms with Crippen LogP contribution in [0.5, 0.6) is 0 Å². The highest BCUT2D eigenvalue weighted by Crippen LogP contribution is 2.13. The van der Waals surface area contributed by atoms with Gasteiger partial charge in [0.05, 0.1) is 6.61 Å². The van der Waals surface area contributed by atoms with Gasteiger partial charge in [0.25, 0.3) is 0 Å². The normalized spacial score (nSPS) is 16.6. The monoisotopic (exact) mass is 393 g/mol. The minimum absolute atomic E-state index is 0.0441. The Hall–Kier alpha value is -1.32. The van der Waals surface area contributed by atoms with Crippen LogP contribution in [-0.2, 0) is 14.3 Å². The molecule has 0 aromatic rings. The SMILES string of the molecule is CC/C=C/CCCCCCCCCCCCCCCOC(=O)[C@@H]1CCC(=O)N1. The Balaban J connectivity index is 1.72. The number of allylic oxidation sites excluding steroid dienone is 2. The molecule has 0 spiro atoms. The first-order valence-corrected chi connectivity index (χ1v) is 11.8. The van der Waals surface area contributed by atoms with Gasteiger partial charge in [-0.25, -0.2) is 4.79 Å². The summed E-state index contributed by atoms with van der Waals surface area (Å²) in [5, 5.41) is 2.65. The first-order chi connectivity index (χ1) is 13.7. The zero-order valence-electron chi connectivity index (χ0n) is 18.2. The topological polar surface area (TPSA) is 55.4 Å². The second-order valence-corrected chi connectivity index (χ2v) is 8.09. The molecular weight excluding hydrogens is 350 g/mol. The zero-order chi connectivity index (χ0) is 20.3. The highest BCUT2D eigenvalue weighted by molar-refractivity contribution is 5.87. The molecule has 1 fully saturated rings. The Labute approximate surface area is 172 Å². The smallest absolute Gasteiger partial charge is 0.328 e. The second-order valence-electron chi connectivity index (χ2n) is 8.09. The van der Waals surface area contributed by atoms with Gasteiger partial charge in [-0.15, -0.1) is 0 Å². The van der Waals surface area contributed by atoms with Crippen LogP contribution in [0.25, 0.3) is 0 Å². The van der Waals surface area contributed by atoms with E-state index in [0.717, 1.165) is 19.3 Å². The van der Waals surface area contributed by atoms with Crippen LogP contribution in [0.2, 0.25) is 0 Å². The van der Waals surface area contributed by atoms with Gasteiger partial charge in [0.1, 0.15) is 6.04 Å². The Morgan fingerprint density at radius 3 is 1.93 bits per heavy atom. The first-order valence-electron chi connectivity index (χ1n) is 11.8. The average molecular weight is 394 g/mol. The summed E-state index contributed by atoms with van der Waals surface area (Å²) >= 11 is 0. The summed E-state index contributed by atoms with van der Waals surface area (Å²) in [7, 11) is 0. The van der Waals surface area contributed by atoms with Crippen LogP contribution >= 0.6 is 0 Å². The Kier molecular flexibility index (Phi) is 15.7. The summed E-state index contributed by atoms with van der Waals surface area (Å²) in [5.74, 6) is -0.309. The maximum Gasteiger partial charge on any atom is 0.328 e. The quantitative estimate of drug-likeness (QED) is 0.170. The molecule has 1 rings (SSSR count). The van der Waals surface area contributed by atoms with Crippen molar-refractivity contribution in [3.63, 3.8) is 0 Å². The molecule has 0 aromatic heterocycles. The minimum atomic E-state index is -0.407. The molecule has 1 saturated heterocycles. The molecule has 162 valence electrons. The molecule has 0 unspecified atom stereocenters. The second kappa shape index (κ2) is 17.8. The van der Waals surface area contributed by atoms with Gasteiger partial charge < -0.3 is 10.1 Å². The lowest BCUT2D eigenvalue weighted by Gasteiger charge is -2.09. The van der Waals surface area contributed by atoms with Gasteiger partial charge in [-0.05, 0) is 32.1 Å². The van der Waals surface area contributed by atoms with E-state index < -0.39 is 6.04 Å². The highest BCUT2D eigenvalue weighted by Gasteiger charge is 2.28. The van der Waals surface area contributed by atoms with Crippen molar-refractivity contribution in [3.8, 4) is 0 Å². The number of esters is 1. The number of carbonyl (C=O) groups excluding carboxylic acids is 2. The minimum Gasteiger partial charge on any atom is -0.464 e. The molecule has 0 saturated carbocycles. The van der Waals surface area contributed by atoms with Crippen molar-refractivity contribution < 1.29 is 14.3 Å². The molecule has 0 aromatic carbocycles. The number of ether oxygens (including phenoxy) is 1. The van der Waals surface area contributed by atoms with Crippen LogP contribution in [0.3, 0.4) is 0 Å². The Morgan fingerprint density at radius 1 is 0.893 bits per heavy atom. The van der Waals surface area contributed by atoms with Crippen LogP contribution in [0.4, 0.5) is 0 Å². The van der Waals surface area contributed by atoms with Crippen LogP contribution in [0.15, 0.2) is 12.2 Å². The lowest BCUT2D eigenvalue weighted by molar-refractivity contribution is -0.146. The fourth-order valence-corrected chi connectivity index (χ4v) is 3.66. The van der Waals surface area contributed by atoms with Crippen molar-refractivity contribution in [2.45, 2.75) is 122 Å². The molecule has 1 aliphatic heterocycles. The van der Waals surface area contributed by atoms with Crippen LogP contribution in [0.1, 0.15) is 116 Å². The summed E-state index contributed by atoms with van der Waals surface area (Å²) in [6.07, 6.45) is 25.0. The molecule has 1 N–H and O–H groups in total. The number of hydrogen-bond acceptors (Lipinski definition) is 3. The van der Waals surface area contributed by atoms with E-state index >= 15 is 0 Å². The third-order valence-electron chi connectivity index (χ3n) is 5.44. The predicted octanol–water partition coefficient (Wildman–Crippen LogP) is 6.24. The van der Waals surface area contributed by atoms with E-state index in [1.165, 1.54) is 77.0 Å². The molecule has 4 nitrogen and oxygen atoms in total. The van der Waals surface area contributed by atoms with Gasteiger partial charge in [0.2, 0.25) is 5.91 Å². The van der Waals surface area contributed by atoms with Crippen LogP contribution in [0, 0.1) is 0 Å². The van der Waals surface area contributed by atoms with Gasteiger partial charge in [-0.1, -0.05) is 89.7 Å². The van der Waals surface area contributed by atoms with Crippen LogP contribution in [-0.4, -0.2) is 24.5 Å². The summed E-state index contributed by atoms with van der Waals surface area (Å²) in [6.45, 7) is 2.68. The van der Waals surface area contributed by atoms with Crippen LogP contribution < -0.4 is 5.32 Å². The first kappa shape index (κ1) is 24.7. The molecule has 1 aliphatic rings. The van der Waals surface area contributed by atoms with Crippen molar-refractivity contribution in [1.29, 1.82) is 0 Å². The molecule has 28 heavy (non-hydrogen) atoms. The number of nitrogens with one attached hydrogen (secondary N) is 1. The van der Waals surface area contributed by atoms with E-state index in [0.29, 0.717) is 19.4 Å². The van der Waals surface area contributed by atoms with Crippen molar-refractivity contribution in [1.82, 2.24) is 5.32 Å². The maximum absolute atomic E-state index is 11.7. The third kappa shape index (κ3) is 13.8. The van der Waals surface area contributed by atoms with Gasteiger partial charge in [0, 0.05) is 6.42 Å². The van der Waals surface area contributed by atoms with Crippen molar-refractivity contribution >= 4 is 11.9 Å². The average Bonchev–Trinajstić information content (AvgIpc) is 3.13. The van der Waals surface area contributed by atoms with Gasteiger partial charge in [-0.2, -0.15) is 0 Å². The van der Waals surface area contributed by atoms with E-state index in [2.05, 4.69) is 24.4 Å². The maximum atomic E-state index is 11.7. The third-order valence-corrected chi connectivity index (χ3v) is 5.44. The number of hydrogen-bond donors (Lipinski definition) is 1. The number of carbonyl (C=O) groups is 2. The molecule has 0 bridgehead atoms. The van der Waals surface area contributed by atoms with Crippen molar-refractivity contribution in [2.75, 3.05) is 6.61 Å². The fraction of sp³-hybridized carbons (Fsp3) is 0.833. The van der Waals surface area contributed by atoms with E-state index in [4.69, 9.17) is 4.74 Å². The largest absolute Gasteiger partial charge is 0.464 e. The summed E-state index contributed by atoms with van der Waals surface area (Å²) in [6, 6.07) is -0.407. The Morgan fingerprint density at radius 2 is 1.43 bits per heavy atom. The fourth-order valence-electron chi connectivity index (χ4n) is 3.66. The summed E-state index contributed by atoms with van der Waals surface area (Å²) in [4.78, 5) is 22.8. The molecule has 1 heterocycles. The zero-order valence-corrected chi connectivity index (χ0v) is 18.2. The lowest BCUT2D eigenvalue weighted by Crippen LogP contribution is -2.34. The standard InChI is InChI=1S/C24H43NO3/c1-2-3-4-5-6-7-8-9-10-11-12-13-14-15-16-17-18-21-28-24(27)22-19-20-23(26)25-22/h3-4,22H,2,5-21H2,1H3,(H,25,26)/b4-3+/t22-/m0/s1. The summed E-state index contributed by atoms with van der Waals surface area (Å²) < 4.78 is 5.24. The van der Waals surface area contributed by atoms with E-state index in [1.54, 1.807) is 0 Å². The number of amides is 1. The lowest BCUT2D eigenvalue weighted by atomic mass is 10.0. The molecule has 0 radical (unpaired) electrons. The van der Waals surface area contributed by atoms with Gasteiger partial charge in [-0.3, -0.25) is 4.79 Å². The molecule has 1 amide bonds. The highest BCUT2D eigenvalue weighted by atomic mass is 16.5. The number of rotatable bonds is 18. The predicted molar refractivity (Wildman–Crippen MR) is 116 cm³/mol. The number of unbranched alkanes of at least 4 members (excludes halogenated alkanes) is 13.